The molecule has 1 aromatic carbocycles. The molecule has 0 radical (unpaired) electrons. The van der Waals surface area contributed by atoms with Crippen LogP contribution in [-0.2, 0) is 9.47 Å². The number of nitrogens with one attached hydrogen (secondary N) is 2. The van der Waals surface area contributed by atoms with E-state index < -0.39 is 6.10 Å². The molecular weight excluding hydrogens is 387 g/mol. The second kappa shape index (κ2) is 13.5. The monoisotopic (exact) mass is 424 g/mol. The van der Waals surface area contributed by atoms with E-state index in [1.54, 1.807) is 0 Å². The highest BCUT2D eigenvalue weighted by molar-refractivity contribution is 5.79. The van der Waals surface area contributed by atoms with Crippen molar-refractivity contribution in [3.63, 3.8) is 0 Å². The van der Waals surface area contributed by atoms with Gasteiger partial charge in [-0.15, -0.1) is 0 Å². The van der Waals surface area contributed by atoms with E-state index >= 15 is 0 Å². The van der Waals surface area contributed by atoms with Crippen molar-refractivity contribution in [3.8, 4) is 0 Å². The molecule has 0 aliphatic carbocycles. The number of guanidine groups is 1. The van der Waals surface area contributed by atoms with E-state index in [1.807, 2.05) is 19.1 Å². The Hall–Kier alpha value is -1.74. The third kappa shape index (κ3) is 8.95. The summed E-state index contributed by atoms with van der Waals surface area (Å²) in [5, 5.41) is 16.7. The minimum atomic E-state index is -0.647. The lowest BCUT2D eigenvalue weighted by Crippen LogP contribution is -2.46. The van der Waals surface area contributed by atoms with Crippen LogP contribution in [0.1, 0.15) is 32.4 Å². The summed E-state index contributed by atoms with van der Waals surface area (Å²) in [5.74, 6) is 0.833. The summed E-state index contributed by atoms with van der Waals surface area (Å²) in [5.41, 5.74) is 1.05. The van der Waals surface area contributed by atoms with Crippen molar-refractivity contribution in [3.05, 3.63) is 35.6 Å². The smallest absolute Gasteiger partial charge is 0.191 e. The third-order valence-electron chi connectivity index (χ3n) is 4.77. The van der Waals surface area contributed by atoms with Gasteiger partial charge in [0.15, 0.2) is 5.96 Å². The van der Waals surface area contributed by atoms with Crippen molar-refractivity contribution >= 4 is 5.96 Å². The molecule has 1 fully saturated rings. The molecule has 0 amide bonds. The Morgan fingerprint density at radius 2 is 1.90 bits per heavy atom. The van der Waals surface area contributed by atoms with Gasteiger partial charge in [-0.05, 0) is 30.5 Å². The fourth-order valence-corrected chi connectivity index (χ4v) is 3.26. The number of hydrogen-bond donors (Lipinski definition) is 3. The van der Waals surface area contributed by atoms with Crippen LogP contribution in [0, 0.1) is 11.7 Å². The lowest BCUT2D eigenvalue weighted by Gasteiger charge is -2.35. The van der Waals surface area contributed by atoms with E-state index in [1.165, 1.54) is 12.1 Å². The number of benzene rings is 1. The van der Waals surface area contributed by atoms with Gasteiger partial charge in [0.2, 0.25) is 0 Å². The summed E-state index contributed by atoms with van der Waals surface area (Å²) in [4.78, 5) is 6.83. The second-order valence-electron chi connectivity index (χ2n) is 7.90. The Balaban J connectivity index is 1.97. The van der Waals surface area contributed by atoms with Gasteiger partial charge < -0.3 is 25.2 Å². The molecule has 1 aliphatic rings. The molecule has 3 N–H and O–H groups in total. The minimum Gasteiger partial charge on any atom is -0.389 e. The molecule has 2 rings (SSSR count). The molecule has 2 atom stereocenters. The highest BCUT2D eigenvalue weighted by atomic mass is 19.1. The van der Waals surface area contributed by atoms with Crippen LogP contribution in [0.2, 0.25) is 0 Å². The van der Waals surface area contributed by atoms with Gasteiger partial charge >= 0.3 is 0 Å². The molecule has 8 heteroatoms. The molecule has 1 saturated heterocycles. The lowest BCUT2D eigenvalue weighted by molar-refractivity contribution is 0.0169. The van der Waals surface area contributed by atoms with E-state index in [0.29, 0.717) is 44.8 Å². The van der Waals surface area contributed by atoms with Crippen LogP contribution < -0.4 is 10.6 Å². The number of halogens is 1. The number of aliphatic imine (C=N–C) groups is 1. The topological polar surface area (TPSA) is 78.4 Å². The number of nitrogens with zero attached hydrogens (tertiary/aromatic N) is 2. The van der Waals surface area contributed by atoms with E-state index in [-0.39, 0.29) is 25.0 Å². The van der Waals surface area contributed by atoms with Gasteiger partial charge in [0, 0.05) is 32.8 Å². The Labute approximate surface area is 179 Å². The Morgan fingerprint density at radius 3 is 2.53 bits per heavy atom. The quantitative estimate of drug-likeness (QED) is 0.371. The fourth-order valence-electron chi connectivity index (χ4n) is 3.26. The highest BCUT2D eigenvalue weighted by Gasteiger charge is 2.23. The molecule has 170 valence electrons. The van der Waals surface area contributed by atoms with Gasteiger partial charge in [-0.1, -0.05) is 26.0 Å². The summed E-state index contributed by atoms with van der Waals surface area (Å²) < 4.78 is 24.4. The lowest BCUT2D eigenvalue weighted by atomic mass is 10.0. The molecule has 0 aromatic heterocycles. The van der Waals surface area contributed by atoms with Crippen LogP contribution in [0.3, 0.4) is 0 Å². The molecule has 30 heavy (non-hydrogen) atoms. The molecule has 7 nitrogen and oxygen atoms in total. The average molecular weight is 425 g/mol. The van der Waals surface area contributed by atoms with Crippen LogP contribution in [0.25, 0.3) is 0 Å². The number of rotatable bonds is 11. The maximum Gasteiger partial charge on any atom is 0.191 e. The Bertz CT molecular complexity index is 621. The van der Waals surface area contributed by atoms with Gasteiger partial charge in [-0.25, -0.2) is 4.39 Å². The fraction of sp³-hybridized carbons (Fsp3) is 0.682. The van der Waals surface area contributed by atoms with Crippen molar-refractivity contribution in [1.82, 2.24) is 15.5 Å². The van der Waals surface area contributed by atoms with Crippen LogP contribution in [-0.4, -0.2) is 81.2 Å². The van der Waals surface area contributed by atoms with E-state index in [9.17, 15) is 9.50 Å². The number of morpholine rings is 1. The summed E-state index contributed by atoms with van der Waals surface area (Å²) in [6.07, 6.45) is -0.647. The largest absolute Gasteiger partial charge is 0.389 e. The zero-order valence-electron chi connectivity index (χ0n) is 18.4. The average Bonchev–Trinajstić information content (AvgIpc) is 2.73. The molecular formula is C22H37FN4O3. The SMILES string of the molecule is CCNC(=NCC(O)COCC(C)C)NCC(c1ccc(F)cc1)N1CCOCC1. The van der Waals surface area contributed by atoms with Crippen LogP contribution in [0.5, 0.6) is 0 Å². The van der Waals surface area contributed by atoms with Gasteiger partial charge in [0.25, 0.3) is 0 Å². The maximum absolute atomic E-state index is 13.4. The zero-order chi connectivity index (χ0) is 21.8. The van der Waals surface area contributed by atoms with Crippen molar-refractivity contribution in [2.45, 2.75) is 32.9 Å². The number of aliphatic hydroxyl groups is 1. The molecule has 0 bridgehead atoms. The van der Waals surface area contributed by atoms with Crippen molar-refractivity contribution in [1.29, 1.82) is 0 Å². The Kier molecular flexibility index (Phi) is 11.1. The number of ether oxygens (including phenoxy) is 2. The highest BCUT2D eigenvalue weighted by Crippen LogP contribution is 2.21. The second-order valence-corrected chi connectivity index (χ2v) is 7.90. The number of hydrogen-bond acceptors (Lipinski definition) is 5. The van der Waals surface area contributed by atoms with E-state index in [2.05, 4.69) is 34.4 Å². The van der Waals surface area contributed by atoms with Crippen molar-refractivity contribution in [2.24, 2.45) is 10.9 Å². The van der Waals surface area contributed by atoms with E-state index in [0.717, 1.165) is 18.7 Å². The zero-order valence-corrected chi connectivity index (χ0v) is 18.4. The van der Waals surface area contributed by atoms with Gasteiger partial charge in [-0.3, -0.25) is 9.89 Å². The Morgan fingerprint density at radius 1 is 1.20 bits per heavy atom. The summed E-state index contributed by atoms with van der Waals surface area (Å²) in [7, 11) is 0. The maximum atomic E-state index is 13.4. The van der Waals surface area contributed by atoms with Crippen LogP contribution in [0.4, 0.5) is 4.39 Å². The predicted molar refractivity (Wildman–Crippen MR) is 117 cm³/mol. The van der Waals surface area contributed by atoms with Gasteiger partial charge in [-0.2, -0.15) is 0 Å². The first kappa shape index (κ1) is 24.5. The molecule has 0 spiro atoms. The third-order valence-corrected chi connectivity index (χ3v) is 4.77. The van der Waals surface area contributed by atoms with Gasteiger partial charge in [0.1, 0.15) is 5.82 Å². The van der Waals surface area contributed by atoms with Crippen molar-refractivity contribution < 1.29 is 19.0 Å². The number of aliphatic hydroxyl groups excluding tert-OH is 1. The molecule has 1 aromatic rings. The van der Waals surface area contributed by atoms with Crippen LogP contribution in [0.15, 0.2) is 29.3 Å². The first-order valence-corrected chi connectivity index (χ1v) is 10.8. The summed E-state index contributed by atoms with van der Waals surface area (Å²) in [6, 6.07) is 6.72. The van der Waals surface area contributed by atoms with E-state index in [4.69, 9.17) is 9.47 Å². The first-order valence-electron chi connectivity index (χ1n) is 10.8. The summed E-state index contributed by atoms with van der Waals surface area (Å²) in [6.45, 7) is 11.6. The summed E-state index contributed by atoms with van der Waals surface area (Å²) >= 11 is 0. The van der Waals surface area contributed by atoms with Crippen LogP contribution >= 0.6 is 0 Å². The normalized spacial score (nSPS) is 17.7. The van der Waals surface area contributed by atoms with Crippen molar-refractivity contribution in [2.75, 3.05) is 59.2 Å². The predicted octanol–water partition coefficient (Wildman–Crippen LogP) is 1.79. The standard InChI is InChI=1S/C22H37FN4O3/c1-4-24-22(25-13-20(28)16-30-15-17(2)3)26-14-21(27-9-11-29-12-10-27)18-5-7-19(23)8-6-18/h5-8,17,20-21,28H,4,9-16H2,1-3H3,(H2,24,25,26). The van der Waals surface area contributed by atoms with Gasteiger partial charge in [0.05, 0.1) is 38.5 Å². The minimum absolute atomic E-state index is 0.0673. The first-order chi connectivity index (χ1) is 14.5. The molecule has 0 saturated carbocycles. The molecule has 1 heterocycles. The molecule has 2 unspecified atom stereocenters. The molecule has 1 aliphatic heterocycles.